The van der Waals surface area contributed by atoms with Crippen molar-refractivity contribution in [2.45, 2.75) is 94.4 Å². The first-order chi connectivity index (χ1) is 16.8. The van der Waals surface area contributed by atoms with Crippen molar-refractivity contribution in [3.05, 3.63) is 77.2 Å². The summed E-state index contributed by atoms with van der Waals surface area (Å²) in [5.41, 5.74) is 5.34. The Balaban J connectivity index is 0.000000444. The number of benzene rings is 2. The average Bonchev–Trinajstić information content (AvgIpc) is 2.76. The minimum Gasteiger partial charge on any atom is -0.512 e. The topological polar surface area (TPSA) is 50.2 Å². The predicted octanol–water partition coefficient (Wildman–Crippen LogP) is 9.52. The zero-order valence-corrected chi connectivity index (χ0v) is 27.7. The smallest absolute Gasteiger partial charge is 0.164 e. The van der Waals surface area contributed by atoms with Crippen LogP contribution in [0.1, 0.15) is 98.8 Å². The molecule has 0 amide bonds. The van der Waals surface area contributed by atoms with Crippen LogP contribution in [-0.4, -0.2) is 15.9 Å². The standard InChI is InChI=1S/C23H26N.C11H20O2.Ir/c1-15(2)21-20-10-8-7-9-17(20)14-24-22(21)18-11-16(3)12-19(13-18)23(4,5)6;1-10(2,3)8(12)7-9(13)11(4,5)6;/h7-10,12-15H,1-6H3;7,12H,1-6H3;/q-1;;/b;8-7-;. The average molecular weight is 693 g/mol. The summed E-state index contributed by atoms with van der Waals surface area (Å²) in [5.74, 6) is 0.512. The Morgan fingerprint density at radius 1 is 0.947 bits per heavy atom. The van der Waals surface area contributed by atoms with Gasteiger partial charge in [0.2, 0.25) is 0 Å². The minimum absolute atomic E-state index is 0. The molecular weight excluding hydrogens is 647 g/mol. The van der Waals surface area contributed by atoms with Gasteiger partial charge in [0.1, 0.15) is 5.76 Å². The van der Waals surface area contributed by atoms with Crippen LogP contribution in [0.2, 0.25) is 0 Å². The van der Waals surface area contributed by atoms with E-state index in [1.165, 1.54) is 33.5 Å². The third-order valence-electron chi connectivity index (χ3n) is 6.32. The number of aryl methyl sites for hydroxylation is 1. The van der Waals surface area contributed by atoms with E-state index in [-0.39, 0.29) is 42.5 Å². The second-order valence-corrected chi connectivity index (χ2v) is 13.4. The van der Waals surface area contributed by atoms with Gasteiger partial charge in [0, 0.05) is 43.2 Å². The number of ketones is 1. The normalized spacial score (nSPS) is 12.6. The van der Waals surface area contributed by atoms with Gasteiger partial charge in [-0.2, -0.15) is 0 Å². The van der Waals surface area contributed by atoms with Gasteiger partial charge < -0.3 is 10.1 Å². The van der Waals surface area contributed by atoms with E-state index < -0.39 is 5.41 Å². The van der Waals surface area contributed by atoms with Gasteiger partial charge in [-0.05, 0) is 27.8 Å². The minimum atomic E-state index is -0.417. The zero-order valence-electron chi connectivity index (χ0n) is 25.3. The molecule has 1 N–H and O–H groups in total. The van der Waals surface area contributed by atoms with Crippen molar-refractivity contribution in [3.8, 4) is 11.3 Å². The fourth-order valence-corrected chi connectivity index (χ4v) is 3.82. The summed E-state index contributed by atoms with van der Waals surface area (Å²) < 4.78 is 0. The van der Waals surface area contributed by atoms with Crippen molar-refractivity contribution in [1.82, 2.24) is 4.98 Å². The summed E-state index contributed by atoms with van der Waals surface area (Å²) in [7, 11) is 0. The van der Waals surface area contributed by atoms with Gasteiger partial charge in [0.15, 0.2) is 5.78 Å². The van der Waals surface area contributed by atoms with Crippen molar-refractivity contribution in [2.24, 2.45) is 10.8 Å². The Morgan fingerprint density at radius 3 is 2.03 bits per heavy atom. The molecule has 0 aliphatic heterocycles. The SMILES string of the molecule is CC(C)(C)C(=O)/C=C(\O)C(C)(C)C.Cc1[c-]c(-c2ncc3ccccc3c2C(C)C)cc(C(C)(C)C)c1.[Ir]. The van der Waals surface area contributed by atoms with Crippen LogP contribution in [0.4, 0.5) is 0 Å². The van der Waals surface area contributed by atoms with Crippen molar-refractivity contribution < 1.29 is 30.0 Å². The van der Waals surface area contributed by atoms with Crippen molar-refractivity contribution in [1.29, 1.82) is 0 Å². The second kappa shape index (κ2) is 12.7. The summed E-state index contributed by atoms with van der Waals surface area (Å²) in [6.45, 7) is 24.5. The van der Waals surface area contributed by atoms with Crippen LogP contribution in [0.5, 0.6) is 0 Å². The molecule has 3 aromatic rings. The number of carbonyl (C=O) groups is 1. The van der Waals surface area contributed by atoms with E-state index in [0.29, 0.717) is 5.92 Å². The van der Waals surface area contributed by atoms with Gasteiger partial charge in [-0.25, -0.2) is 0 Å². The van der Waals surface area contributed by atoms with Gasteiger partial charge in [0.05, 0.1) is 0 Å². The number of pyridine rings is 1. The Morgan fingerprint density at radius 2 is 1.53 bits per heavy atom. The van der Waals surface area contributed by atoms with Gasteiger partial charge in [-0.15, -0.1) is 34.9 Å². The molecule has 4 heteroatoms. The third kappa shape index (κ3) is 8.89. The summed E-state index contributed by atoms with van der Waals surface area (Å²) >= 11 is 0. The van der Waals surface area contributed by atoms with E-state index in [9.17, 15) is 9.90 Å². The Bertz CT molecular complexity index is 1280. The molecule has 3 nitrogen and oxygen atoms in total. The zero-order chi connectivity index (χ0) is 28.3. The van der Waals surface area contributed by atoms with Crippen molar-refractivity contribution in [2.75, 3.05) is 0 Å². The number of aromatic nitrogens is 1. The monoisotopic (exact) mass is 693 g/mol. The van der Waals surface area contributed by atoms with E-state index in [1.54, 1.807) is 0 Å². The predicted molar refractivity (Wildman–Crippen MR) is 158 cm³/mol. The van der Waals surface area contributed by atoms with Crippen LogP contribution < -0.4 is 0 Å². The first kappa shape index (κ1) is 33.7. The first-order valence-electron chi connectivity index (χ1n) is 13.2. The maximum absolute atomic E-state index is 11.5. The van der Waals surface area contributed by atoms with E-state index >= 15 is 0 Å². The first-order valence-corrected chi connectivity index (χ1v) is 13.2. The number of carbonyl (C=O) groups excluding carboxylic acids is 1. The number of aliphatic hydroxyl groups excluding tert-OH is 1. The van der Waals surface area contributed by atoms with Crippen LogP contribution in [0, 0.1) is 23.8 Å². The summed E-state index contributed by atoms with van der Waals surface area (Å²) in [6.07, 6.45) is 3.32. The molecule has 0 aliphatic rings. The molecule has 0 aliphatic carbocycles. The molecule has 1 radical (unpaired) electrons. The van der Waals surface area contributed by atoms with Gasteiger partial charge in [-0.1, -0.05) is 113 Å². The van der Waals surface area contributed by atoms with Crippen molar-refractivity contribution >= 4 is 16.6 Å². The molecule has 1 aromatic heterocycles. The third-order valence-corrected chi connectivity index (χ3v) is 6.32. The molecule has 0 saturated heterocycles. The number of allylic oxidation sites excluding steroid dienone is 2. The molecule has 209 valence electrons. The number of nitrogens with zero attached hydrogens (tertiary/aromatic N) is 1. The van der Waals surface area contributed by atoms with Crippen LogP contribution >= 0.6 is 0 Å². The Labute approximate surface area is 244 Å². The number of fused-ring (bicyclic) bond motifs is 1. The molecule has 0 atom stereocenters. The van der Waals surface area contributed by atoms with Gasteiger partial charge >= 0.3 is 0 Å². The molecule has 0 fully saturated rings. The summed E-state index contributed by atoms with van der Waals surface area (Å²) in [5, 5.41) is 12.1. The molecule has 38 heavy (non-hydrogen) atoms. The van der Waals surface area contributed by atoms with Crippen LogP contribution in [0.15, 0.2) is 54.4 Å². The summed E-state index contributed by atoms with van der Waals surface area (Å²) in [6, 6.07) is 16.6. The second-order valence-electron chi connectivity index (χ2n) is 13.4. The fourth-order valence-electron chi connectivity index (χ4n) is 3.82. The Kier molecular flexibility index (Phi) is 11.3. The van der Waals surface area contributed by atoms with E-state index in [1.807, 2.05) is 47.7 Å². The summed E-state index contributed by atoms with van der Waals surface area (Å²) in [4.78, 5) is 16.3. The van der Waals surface area contributed by atoms with E-state index in [0.717, 1.165) is 11.3 Å². The number of hydrogen-bond acceptors (Lipinski definition) is 3. The number of hydrogen-bond donors (Lipinski definition) is 1. The largest absolute Gasteiger partial charge is 0.512 e. The molecule has 0 saturated carbocycles. The fraction of sp³-hybridized carbons (Fsp3) is 0.471. The van der Waals surface area contributed by atoms with Crippen LogP contribution in [0.25, 0.3) is 22.0 Å². The maximum atomic E-state index is 11.5. The Hall–Kier alpha value is -2.29. The molecule has 0 bridgehead atoms. The molecule has 1 heterocycles. The van der Waals surface area contributed by atoms with Gasteiger partial charge in [0.25, 0.3) is 0 Å². The van der Waals surface area contributed by atoms with E-state index in [4.69, 9.17) is 4.98 Å². The molecular formula is C34H46IrNO2-. The van der Waals surface area contributed by atoms with Crippen LogP contribution in [-0.2, 0) is 30.3 Å². The van der Waals surface area contributed by atoms with Crippen molar-refractivity contribution in [3.63, 3.8) is 0 Å². The molecule has 0 unspecified atom stereocenters. The van der Waals surface area contributed by atoms with E-state index in [2.05, 4.69) is 84.0 Å². The maximum Gasteiger partial charge on any atom is 0.164 e. The van der Waals surface area contributed by atoms with Gasteiger partial charge in [-0.3, -0.25) is 4.79 Å². The number of aliphatic hydroxyl groups is 1. The van der Waals surface area contributed by atoms with Crippen LogP contribution in [0.3, 0.4) is 0 Å². The molecule has 0 spiro atoms. The molecule has 2 aromatic carbocycles. The number of rotatable bonds is 3. The molecule has 3 rings (SSSR count). The quantitative estimate of drug-likeness (QED) is 0.169.